The molecular formula is C56H52N6+2. The van der Waals surface area contributed by atoms with Crippen LogP contribution in [0.15, 0.2) is 146 Å². The Bertz CT molecular complexity index is 3110. The standard InChI is InChI=1S/C56H52N6/c1-9-11-37-13-17-39(18-14-37)53-45-29-33-49(57-45)55(41-21-25-43(26-22-41)61(3,4)5)51-35-31-47(59-51)54(40-19-15-38(12-10-2)16-20-40)48-32-36-52(60-48)56(50-34-30-46(53)58-50)42-23-27-44(28-24-42)62(6,7)8/h13-36,57-60H,1-8H3/q+2. The van der Waals surface area contributed by atoms with Gasteiger partial charge in [-0.05, 0) is 157 Å². The summed E-state index contributed by atoms with van der Waals surface area (Å²) < 4.78 is 1.46. The first-order chi connectivity index (χ1) is 29.9. The maximum atomic E-state index is 3.92. The highest BCUT2D eigenvalue weighted by molar-refractivity contribution is 5.85. The number of hydrogen-bond donors (Lipinski definition) is 4. The van der Waals surface area contributed by atoms with Crippen molar-refractivity contribution in [1.82, 2.24) is 28.9 Å². The van der Waals surface area contributed by atoms with Gasteiger partial charge >= 0.3 is 0 Å². The maximum Gasteiger partial charge on any atom is 0.132 e. The number of hydrogen-bond acceptors (Lipinski definition) is 0. The summed E-state index contributed by atoms with van der Waals surface area (Å²) in [4.78, 5) is 15.7. The Balaban J connectivity index is 1.39. The summed E-state index contributed by atoms with van der Waals surface area (Å²) in [5, 5.41) is 4.01. The Kier molecular flexibility index (Phi) is 10.2. The van der Waals surface area contributed by atoms with Gasteiger partial charge in [-0.15, -0.1) is 11.8 Å². The molecule has 0 saturated carbocycles. The molecule has 9 rings (SSSR count). The molecule has 1 aliphatic heterocycles. The average molecular weight is 809 g/mol. The summed E-state index contributed by atoms with van der Waals surface area (Å²) in [6.07, 6.45) is 0. The van der Waals surface area contributed by atoms with Crippen LogP contribution in [-0.2, 0) is 0 Å². The predicted octanol–water partition coefficient (Wildman–Crippen LogP) is 7.44. The Morgan fingerprint density at radius 1 is 0.306 bits per heavy atom. The Hall–Kier alpha value is -7.48. The number of nitrogens with zero attached hydrogens (tertiary/aromatic N) is 2. The molecule has 0 saturated heterocycles. The fourth-order valence-electron chi connectivity index (χ4n) is 8.45. The monoisotopic (exact) mass is 808 g/mol. The highest BCUT2D eigenvalue weighted by atomic mass is 15.3. The molecule has 0 unspecified atom stereocenters. The third-order valence-corrected chi connectivity index (χ3v) is 11.6. The molecule has 0 radical (unpaired) electrons. The van der Waals surface area contributed by atoms with Crippen LogP contribution in [0.4, 0.5) is 11.4 Å². The van der Waals surface area contributed by atoms with Crippen molar-refractivity contribution in [2.24, 2.45) is 0 Å². The highest BCUT2D eigenvalue weighted by Crippen LogP contribution is 2.30. The molecule has 4 aromatic carbocycles. The molecule has 304 valence electrons. The van der Waals surface area contributed by atoms with Gasteiger partial charge in [0, 0.05) is 77.6 Å². The van der Waals surface area contributed by atoms with Crippen molar-refractivity contribution in [1.29, 1.82) is 0 Å². The van der Waals surface area contributed by atoms with Gasteiger partial charge in [0.25, 0.3) is 0 Å². The third-order valence-electron chi connectivity index (χ3n) is 11.6. The van der Waals surface area contributed by atoms with Gasteiger partial charge in [0.2, 0.25) is 0 Å². The average Bonchev–Trinajstić information content (AvgIpc) is 4.10. The van der Waals surface area contributed by atoms with Gasteiger partial charge in [0.15, 0.2) is 0 Å². The molecule has 0 fully saturated rings. The highest BCUT2D eigenvalue weighted by Gasteiger charge is 2.20. The molecular weight excluding hydrogens is 757 g/mol. The smallest absolute Gasteiger partial charge is 0.132 e. The Morgan fingerprint density at radius 3 is 0.806 bits per heavy atom. The van der Waals surface area contributed by atoms with Crippen LogP contribution in [0.25, 0.3) is 22.3 Å². The van der Waals surface area contributed by atoms with Crippen LogP contribution >= 0.6 is 0 Å². The number of rotatable bonds is 6. The topological polar surface area (TPSA) is 63.2 Å². The summed E-state index contributed by atoms with van der Waals surface area (Å²) >= 11 is 0. The largest absolute Gasteiger partial charge is 0.354 e. The van der Waals surface area contributed by atoms with Gasteiger partial charge in [0.05, 0.1) is 42.3 Å². The van der Waals surface area contributed by atoms with Gasteiger partial charge < -0.3 is 19.9 Å². The van der Waals surface area contributed by atoms with E-state index in [9.17, 15) is 0 Å². The van der Waals surface area contributed by atoms with Crippen LogP contribution in [0.1, 0.15) is 70.0 Å². The molecule has 6 heteroatoms. The SMILES string of the molecule is CC#Cc1ccc(C2=c3ccc([nH]3)=C(c3ccc([N+](C)(C)C)cc3)c3ccc([nH]3)C(c3ccc(C#CC)cc3)=c3ccc([nH]3)=C(c3ccc([N+](C)(C)C)cc3)c3ccc2[nH]3)cc1. The summed E-state index contributed by atoms with van der Waals surface area (Å²) in [7, 11) is 13.2. The first-order valence-corrected chi connectivity index (χ1v) is 21.1. The van der Waals surface area contributed by atoms with Crippen LogP contribution < -0.4 is 30.4 Å². The summed E-state index contributed by atoms with van der Waals surface area (Å²) in [5.41, 5.74) is 17.1. The second-order valence-electron chi connectivity index (χ2n) is 17.7. The number of benzene rings is 4. The van der Waals surface area contributed by atoms with Crippen LogP contribution in [0, 0.1) is 23.7 Å². The second-order valence-corrected chi connectivity index (χ2v) is 17.7. The number of aromatic nitrogens is 4. The minimum absolute atomic E-state index is 0.730. The number of nitrogens with one attached hydrogen (secondary N) is 4. The second kappa shape index (κ2) is 15.8. The van der Waals surface area contributed by atoms with E-state index in [-0.39, 0.29) is 0 Å². The first-order valence-electron chi connectivity index (χ1n) is 21.1. The molecule has 4 aromatic heterocycles. The normalized spacial score (nSPS) is 12.8. The van der Waals surface area contributed by atoms with Crippen LogP contribution in [0.3, 0.4) is 0 Å². The van der Waals surface area contributed by atoms with Gasteiger partial charge in [-0.2, -0.15) is 0 Å². The van der Waals surface area contributed by atoms with Gasteiger partial charge in [-0.1, -0.05) is 36.1 Å². The van der Waals surface area contributed by atoms with E-state index in [0.717, 1.165) is 109 Å². The third kappa shape index (κ3) is 7.70. The summed E-state index contributed by atoms with van der Waals surface area (Å²) in [6.45, 7) is 3.75. The van der Waals surface area contributed by atoms with Crippen molar-refractivity contribution < 1.29 is 0 Å². The lowest BCUT2D eigenvalue weighted by Crippen LogP contribution is -2.34. The molecule has 8 bridgehead atoms. The van der Waals surface area contributed by atoms with Crippen molar-refractivity contribution >= 4 is 33.7 Å². The van der Waals surface area contributed by atoms with Crippen molar-refractivity contribution in [3.05, 3.63) is 223 Å². The number of aromatic amines is 4. The lowest BCUT2D eigenvalue weighted by Gasteiger charge is -2.23. The van der Waals surface area contributed by atoms with Crippen LogP contribution in [-0.4, -0.2) is 62.2 Å². The zero-order valence-corrected chi connectivity index (χ0v) is 36.8. The molecule has 0 amide bonds. The van der Waals surface area contributed by atoms with E-state index in [1.54, 1.807) is 0 Å². The lowest BCUT2D eigenvalue weighted by atomic mass is 10.0. The molecule has 1 aliphatic rings. The van der Waals surface area contributed by atoms with E-state index in [4.69, 9.17) is 0 Å². The van der Waals surface area contributed by atoms with E-state index in [0.29, 0.717) is 0 Å². The minimum Gasteiger partial charge on any atom is -0.354 e. The van der Waals surface area contributed by atoms with Gasteiger partial charge in [-0.25, -0.2) is 0 Å². The van der Waals surface area contributed by atoms with Crippen LogP contribution in [0.5, 0.6) is 0 Å². The zero-order chi connectivity index (χ0) is 43.2. The molecule has 4 N–H and O–H groups in total. The van der Waals surface area contributed by atoms with E-state index in [1.807, 2.05) is 13.8 Å². The zero-order valence-electron chi connectivity index (χ0n) is 36.8. The predicted molar refractivity (Wildman–Crippen MR) is 258 cm³/mol. The van der Waals surface area contributed by atoms with Gasteiger partial charge in [0.1, 0.15) is 11.4 Å². The molecule has 6 nitrogen and oxygen atoms in total. The lowest BCUT2D eigenvalue weighted by molar-refractivity contribution is 0.486. The molecule has 0 aliphatic carbocycles. The molecule has 0 atom stereocenters. The minimum atomic E-state index is 0.730. The van der Waals surface area contributed by atoms with Crippen molar-refractivity contribution in [2.45, 2.75) is 13.8 Å². The van der Waals surface area contributed by atoms with E-state index in [1.165, 1.54) is 11.4 Å². The maximum absolute atomic E-state index is 3.92. The van der Waals surface area contributed by atoms with E-state index >= 15 is 0 Å². The number of quaternary nitrogens is 2. The Labute approximate surface area is 364 Å². The van der Waals surface area contributed by atoms with Gasteiger partial charge in [-0.3, -0.25) is 8.97 Å². The fraction of sp³-hybridized carbons (Fsp3) is 0.143. The summed E-state index contributed by atoms with van der Waals surface area (Å²) in [5.74, 6) is 12.5. The fourth-order valence-corrected chi connectivity index (χ4v) is 8.45. The molecule has 5 heterocycles. The van der Waals surface area contributed by atoms with Crippen molar-refractivity contribution in [3.8, 4) is 23.7 Å². The number of fused-ring (bicyclic) bond motifs is 8. The van der Waals surface area contributed by atoms with Crippen LogP contribution in [0.2, 0.25) is 0 Å². The molecule has 0 spiro atoms. The quantitative estimate of drug-likeness (QED) is 0.0999. The number of H-pyrrole nitrogens is 4. The van der Waals surface area contributed by atoms with E-state index < -0.39 is 0 Å². The molecule has 8 aromatic rings. The van der Waals surface area contributed by atoms with E-state index in [2.05, 4.69) is 231 Å². The molecule has 62 heavy (non-hydrogen) atoms. The van der Waals surface area contributed by atoms with Crippen molar-refractivity contribution in [2.75, 3.05) is 42.3 Å². The Morgan fingerprint density at radius 2 is 0.565 bits per heavy atom. The summed E-state index contributed by atoms with van der Waals surface area (Å²) in [6, 6.07) is 52.6. The van der Waals surface area contributed by atoms with Crippen molar-refractivity contribution in [3.63, 3.8) is 0 Å². The first kappa shape index (κ1) is 40.0.